The SMILES string of the molecule is O=C(COC1CCCC1)N[C@H]1CCC[C@H]1C(=O)O. The molecule has 2 atom stereocenters. The van der Waals surface area contributed by atoms with Crippen LogP contribution in [0, 0.1) is 5.92 Å². The fourth-order valence-electron chi connectivity index (χ4n) is 2.93. The number of ether oxygens (including phenoxy) is 1. The van der Waals surface area contributed by atoms with Crippen molar-refractivity contribution in [2.45, 2.75) is 57.1 Å². The maximum absolute atomic E-state index is 11.7. The summed E-state index contributed by atoms with van der Waals surface area (Å²) >= 11 is 0. The lowest BCUT2D eigenvalue weighted by molar-refractivity contribution is -0.142. The van der Waals surface area contributed by atoms with Gasteiger partial charge < -0.3 is 15.2 Å². The Balaban J connectivity index is 1.71. The molecule has 0 aromatic heterocycles. The molecule has 0 spiro atoms. The zero-order valence-corrected chi connectivity index (χ0v) is 10.6. The van der Waals surface area contributed by atoms with Crippen molar-refractivity contribution in [2.24, 2.45) is 5.92 Å². The van der Waals surface area contributed by atoms with Gasteiger partial charge in [0.2, 0.25) is 5.91 Å². The lowest BCUT2D eigenvalue weighted by Crippen LogP contribution is -2.42. The van der Waals surface area contributed by atoms with Gasteiger partial charge in [-0.1, -0.05) is 19.3 Å². The molecule has 0 heterocycles. The molecule has 2 saturated carbocycles. The maximum Gasteiger partial charge on any atom is 0.308 e. The van der Waals surface area contributed by atoms with Crippen molar-refractivity contribution in [2.75, 3.05) is 6.61 Å². The molecule has 18 heavy (non-hydrogen) atoms. The number of carboxylic acids is 1. The summed E-state index contributed by atoms with van der Waals surface area (Å²) < 4.78 is 5.51. The highest BCUT2D eigenvalue weighted by molar-refractivity contribution is 5.79. The molecule has 2 aliphatic carbocycles. The van der Waals surface area contributed by atoms with E-state index >= 15 is 0 Å². The number of nitrogens with one attached hydrogen (secondary N) is 1. The number of aliphatic carboxylic acids is 1. The Labute approximate surface area is 107 Å². The van der Waals surface area contributed by atoms with Crippen molar-refractivity contribution in [1.29, 1.82) is 0 Å². The fraction of sp³-hybridized carbons (Fsp3) is 0.846. The topological polar surface area (TPSA) is 75.6 Å². The van der Waals surface area contributed by atoms with E-state index in [9.17, 15) is 9.59 Å². The third-order valence-corrected chi connectivity index (χ3v) is 3.93. The molecular weight excluding hydrogens is 234 g/mol. The van der Waals surface area contributed by atoms with Gasteiger partial charge in [-0.3, -0.25) is 9.59 Å². The van der Waals surface area contributed by atoms with E-state index in [1.807, 2.05) is 0 Å². The van der Waals surface area contributed by atoms with Gasteiger partial charge in [0.15, 0.2) is 0 Å². The van der Waals surface area contributed by atoms with Crippen LogP contribution in [-0.4, -0.2) is 35.7 Å². The van der Waals surface area contributed by atoms with E-state index < -0.39 is 11.9 Å². The van der Waals surface area contributed by atoms with Crippen LogP contribution in [0.15, 0.2) is 0 Å². The predicted molar refractivity (Wildman–Crippen MR) is 65.1 cm³/mol. The van der Waals surface area contributed by atoms with Gasteiger partial charge in [-0.05, 0) is 25.7 Å². The summed E-state index contributed by atoms with van der Waals surface area (Å²) in [6.07, 6.45) is 6.92. The molecule has 0 unspecified atom stereocenters. The van der Waals surface area contributed by atoms with Crippen LogP contribution in [0.5, 0.6) is 0 Å². The number of carboxylic acid groups (broad SMARTS) is 1. The van der Waals surface area contributed by atoms with Crippen molar-refractivity contribution in [3.05, 3.63) is 0 Å². The monoisotopic (exact) mass is 255 g/mol. The molecule has 0 bridgehead atoms. The molecule has 2 rings (SSSR count). The van der Waals surface area contributed by atoms with E-state index in [2.05, 4.69) is 5.32 Å². The van der Waals surface area contributed by atoms with E-state index in [1.165, 1.54) is 12.8 Å². The minimum Gasteiger partial charge on any atom is -0.481 e. The number of rotatable bonds is 5. The normalized spacial score (nSPS) is 28.4. The van der Waals surface area contributed by atoms with Crippen LogP contribution in [0.1, 0.15) is 44.9 Å². The van der Waals surface area contributed by atoms with Gasteiger partial charge in [-0.2, -0.15) is 0 Å². The molecular formula is C13H21NO4. The van der Waals surface area contributed by atoms with Crippen LogP contribution in [0.3, 0.4) is 0 Å². The minimum atomic E-state index is -0.811. The van der Waals surface area contributed by atoms with E-state index in [0.717, 1.165) is 25.7 Å². The van der Waals surface area contributed by atoms with Gasteiger partial charge in [0.1, 0.15) is 6.61 Å². The number of hydrogen-bond acceptors (Lipinski definition) is 3. The summed E-state index contributed by atoms with van der Waals surface area (Å²) in [5.41, 5.74) is 0. The van der Waals surface area contributed by atoms with Gasteiger partial charge in [0.05, 0.1) is 12.0 Å². The Morgan fingerprint density at radius 1 is 1.11 bits per heavy atom. The Kier molecular flexibility index (Phi) is 4.58. The first-order valence-electron chi connectivity index (χ1n) is 6.80. The molecule has 102 valence electrons. The van der Waals surface area contributed by atoms with Crippen molar-refractivity contribution in [3.63, 3.8) is 0 Å². The zero-order chi connectivity index (χ0) is 13.0. The van der Waals surface area contributed by atoms with Gasteiger partial charge in [0, 0.05) is 6.04 Å². The first-order chi connectivity index (χ1) is 8.66. The van der Waals surface area contributed by atoms with Crippen LogP contribution < -0.4 is 5.32 Å². The first-order valence-corrected chi connectivity index (χ1v) is 6.80. The Hall–Kier alpha value is -1.10. The van der Waals surface area contributed by atoms with Crippen LogP contribution in [0.2, 0.25) is 0 Å². The molecule has 0 radical (unpaired) electrons. The highest BCUT2D eigenvalue weighted by Crippen LogP contribution is 2.26. The third-order valence-electron chi connectivity index (χ3n) is 3.93. The van der Waals surface area contributed by atoms with Crippen molar-refractivity contribution in [1.82, 2.24) is 5.32 Å². The molecule has 2 fully saturated rings. The second-order valence-electron chi connectivity index (χ2n) is 5.27. The molecule has 0 aliphatic heterocycles. The lowest BCUT2D eigenvalue weighted by atomic mass is 10.0. The quantitative estimate of drug-likeness (QED) is 0.776. The van der Waals surface area contributed by atoms with Gasteiger partial charge in [0.25, 0.3) is 0 Å². The van der Waals surface area contributed by atoms with Crippen LogP contribution in [-0.2, 0) is 14.3 Å². The summed E-state index contributed by atoms with van der Waals surface area (Å²) in [4.78, 5) is 22.7. The average molecular weight is 255 g/mol. The lowest BCUT2D eigenvalue weighted by Gasteiger charge is -2.18. The van der Waals surface area contributed by atoms with Gasteiger partial charge in [-0.25, -0.2) is 0 Å². The first kappa shape index (κ1) is 13.3. The van der Waals surface area contributed by atoms with Crippen LogP contribution in [0.4, 0.5) is 0 Å². The van der Waals surface area contributed by atoms with Gasteiger partial charge in [-0.15, -0.1) is 0 Å². The summed E-state index contributed by atoms with van der Waals surface area (Å²) in [5.74, 6) is -1.42. The van der Waals surface area contributed by atoms with Gasteiger partial charge >= 0.3 is 5.97 Å². The highest BCUT2D eigenvalue weighted by atomic mass is 16.5. The number of carbonyl (C=O) groups excluding carboxylic acids is 1. The second-order valence-corrected chi connectivity index (χ2v) is 5.27. The number of hydrogen-bond donors (Lipinski definition) is 2. The third kappa shape index (κ3) is 3.45. The summed E-state index contributed by atoms with van der Waals surface area (Å²) in [5, 5.41) is 11.8. The van der Waals surface area contributed by atoms with E-state index in [0.29, 0.717) is 6.42 Å². The molecule has 2 aliphatic rings. The smallest absolute Gasteiger partial charge is 0.308 e. The average Bonchev–Trinajstić information content (AvgIpc) is 2.96. The maximum atomic E-state index is 11.7. The molecule has 0 saturated heterocycles. The molecule has 0 aromatic carbocycles. The van der Waals surface area contributed by atoms with Crippen molar-refractivity contribution >= 4 is 11.9 Å². The molecule has 1 amide bonds. The minimum absolute atomic E-state index is 0.0630. The zero-order valence-electron chi connectivity index (χ0n) is 10.6. The largest absolute Gasteiger partial charge is 0.481 e. The van der Waals surface area contributed by atoms with E-state index in [1.54, 1.807) is 0 Å². The summed E-state index contributed by atoms with van der Waals surface area (Å²) in [6, 6.07) is -0.220. The molecule has 0 aromatic rings. The van der Waals surface area contributed by atoms with Crippen LogP contribution >= 0.6 is 0 Å². The Bertz CT molecular complexity index is 312. The fourth-order valence-corrected chi connectivity index (χ4v) is 2.93. The van der Waals surface area contributed by atoms with Crippen LogP contribution in [0.25, 0.3) is 0 Å². The standard InChI is InChI=1S/C13H21NO4/c15-12(8-18-9-4-1-2-5-9)14-11-7-3-6-10(11)13(16)17/h9-11H,1-8H2,(H,14,15)(H,16,17)/t10-,11+/m1/s1. The highest BCUT2D eigenvalue weighted by Gasteiger charge is 2.33. The molecule has 2 N–H and O–H groups in total. The van der Waals surface area contributed by atoms with E-state index in [4.69, 9.17) is 9.84 Å². The number of amides is 1. The van der Waals surface area contributed by atoms with Crippen molar-refractivity contribution < 1.29 is 19.4 Å². The second kappa shape index (κ2) is 6.18. The summed E-state index contributed by atoms with van der Waals surface area (Å²) in [6.45, 7) is 0.0630. The summed E-state index contributed by atoms with van der Waals surface area (Å²) in [7, 11) is 0. The Morgan fingerprint density at radius 3 is 2.50 bits per heavy atom. The van der Waals surface area contributed by atoms with E-state index in [-0.39, 0.29) is 24.7 Å². The van der Waals surface area contributed by atoms with Crippen molar-refractivity contribution in [3.8, 4) is 0 Å². The molecule has 5 heteroatoms. The predicted octanol–water partition coefficient (Wildman–Crippen LogP) is 1.32. The number of carbonyl (C=O) groups is 2. The molecule has 5 nitrogen and oxygen atoms in total. The Morgan fingerprint density at radius 2 is 1.83 bits per heavy atom.